The van der Waals surface area contributed by atoms with Gasteiger partial charge in [0, 0.05) is 5.56 Å². The van der Waals surface area contributed by atoms with Crippen molar-refractivity contribution in [2.75, 3.05) is 26.7 Å². The molecule has 1 aromatic rings. The number of primary amides is 1. The number of amides is 1. The smallest absolute Gasteiger partial charge is 0.248 e. The molecule has 1 heterocycles. The van der Waals surface area contributed by atoms with Gasteiger partial charge < -0.3 is 15.4 Å². The van der Waals surface area contributed by atoms with Crippen molar-refractivity contribution >= 4 is 5.91 Å². The average Bonchev–Trinajstić information content (AvgIpc) is 2.92. The summed E-state index contributed by atoms with van der Waals surface area (Å²) in [6.45, 7) is 3.61. The Labute approximate surface area is 114 Å². The first kappa shape index (κ1) is 13.9. The number of aryl methyl sites for hydroxylation is 1. The lowest BCUT2D eigenvalue weighted by Crippen LogP contribution is -2.20. The topological polar surface area (TPSA) is 55.6 Å². The number of methoxy groups -OCH3 is 1. The van der Waals surface area contributed by atoms with Crippen LogP contribution in [0.15, 0.2) is 18.2 Å². The van der Waals surface area contributed by atoms with Gasteiger partial charge in [0.15, 0.2) is 0 Å². The van der Waals surface area contributed by atoms with E-state index in [0.29, 0.717) is 5.56 Å². The predicted molar refractivity (Wildman–Crippen MR) is 75.5 cm³/mol. The van der Waals surface area contributed by atoms with E-state index < -0.39 is 5.91 Å². The van der Waals surface area contributed by atoms with Gasteiger partial charge in [-0.25, -0.2) is 0 Å². The first-order valence-corrected chi connectivity index (χ1v) is 6.90. The molecule has 1 aliphatic rings. The normalized spacial score (nSPS) is 15.6. The van der Waals surface area contributed by atoms with Gasteiger partial charge in [-0.05, 0) is 63.0 Å². The Kier molecular flexibility index (Phi) is 4.80. The third-order valence-electron chi connectivity index (χ3n) is 3.69. The van der Waals surface area contributed by atoms with Crippen molar-refractivity contribution in [3.63, 3.8) is 0 Å². The molecule has 0 spiro atoms. The molecule has 4 nitrogen and oxygen atoms in total. The molecule has 0 aliphatic carbocycles. The quantitative estimate of drug-likeness (QED) is 0.851. The maximum atomic E-state index is 11.1. The molecule has 0 unspecified atom stereocenters. The highest BCUT2D eigenvalue weighted by Crippen LogP contribution is 2.22. The number of hydrogen-bond acceptors (Lipinski definition) is 3. The summed E-state index contributed by atoms with van der Waals surface area (Å²) < 4.78 is 5.34. The van der Waals surface area contributed by atoms with E-state index in [9.17, 15) is 4.79 Å². The Bertz CT molecular complexity index is 440. The molecule has 0 saturated carbocycles. The highest BCUT2D eigenvalue weighted by Gasteiger charge is 2.12. The number of rotatable bonds is 6. The van der Waals surface area contributed by atoms with Crippen LogP contribution in [0.3, 0.4) is 0 Å². The van der Waals surface area contributed by atoms with Gasteiger partial charge >= 0.3 is 0 Å². The van der Waals surface area contributed by atoms with E-state index in [0.717, 1.165) is 30.7 Å². The molecule has 4 heteroatoms. The van der Waals surface area contributed by atoms with Crippen molar-refractivity contribution in [3.8, 4) is 5.75 Å². The molecular weight excluding hydrogens is 240 g/mol. The molecule has 104 valence electrons. The summed E-state index contributed by atoms with van der Waals surface area (Å²) in [5, 5.41) is 0. The minimum absolute atomic E-state index is 0.415. The van der Waals surface area contributed by atoms with Gasteiger partial charge in [-0.15, -0.1) is 0 Å². The van der Waals surface area contributed by atoms with Crippen molar-refractivity contribution in [1.82, 2.24) is 4.90 Å². The molecule has 2 rings (SSSR count). The summed E-state index contributed by atoms with van der Waals surface area (Å²) in [4.78, 5) is 13.6. The Morgan fingerprint density at radius 2 is 2.11 bits per heavy atom. The lowest BCUT2D eigenvalue weighted by Gasteiger charge is -2.15. The maximum Gasteiger partial charge on any atom is 0.248 e. The van der Waals surface area contributed by atoms with E-state index in [2.05, 4.69) is 4.90 Å². The molecular formula is C15H22N2O2. The number of likely N-dealkylation sites (tertiary alicyclic amines) is 1. The van der Waals surface area contributed by atoms with Crippen LogP contribution in [0.4, 0.5) is 0 Å². The second-order valence-corrected chi connectivity index (χ2v) is 5.04. The molecule has 1 saturated heterocycles. The standard InChI is InChI=1S/C15H22N2O2/c1-19-14-11-13(15(16)18)7-6-12(14)5-4-10-17-8-2-3-9-17/h6-7,11H,2-5,8-10H2,1H3,(H2,16,18). The minimum Gasteiger partial charge on any atom is -0.496 e. The zero-order valence-corrected chi connectivity index (χ0v) is 11.5. The second kappa shape index (κ2) is 6.57. The lowest BCUT2D eigenvalue weighted by molar-refractivity contribution is 0.1000. The fourth-order valence-electron chi connectivity index (χ4n) is 2.60. The zero-order valence-electron chi connectivity index (χ0n) is 11.5. The number of nitrogens with zero attached hydrogens (tertiary/aromatic N) is 1. The second-order valence-electron chi connectivity index (χ2n) is 5.04. The van der Waals surface area contributed by atoms with Crippen LogP contribution in [0.25, 0.3) is 0 Å². The Balaban J connectivity index is 1.93. The van der Waals surface area contributed by atoms with E-state index in [1.807, 2.05) is 6.07 Å². The largest absolute Gasteiger partial charge is 0.496 e. The molecule has 0 atom stereocenters. The Morgan fingerprint density at radius 3 is 2.74 bits per heavy atom. The van der Waals surface area contributed by atoms with Gasteiger partial charge in [0.25, 0.3) is 0 Å². The fourth-order valence-corrected chi connectivity index (χ4v) is 2.60. The highest BCUT2D eigenvalue weighted by molar-refractivity contribution is 5.93. The molecule has 0 bridgehead atoms. The molecule has 1 amide bonds. The SMILES string of the molecule is COc1cc(C(N)=O)ccc1CCCN1CCCC1. The van der Waals surface area contributed by atoms with Crippen molar-refractivity contribution < 1.29 is 9.53 Å². The molecule has 1 aromatic carbocycles. The monoisotopic (exact) mass is 262 g/mol. The van der Waals surface area contributed by atoms with Gasteiger partial charge in [0.1, 0.15) is 5.75 Å². The molecule has 2 N–H and O–H groups in total. The number of carbonyl (C=O) groups is 1. The zero-order chi connectivity index (χ0) is 13.7. The number of nitrogens with two attached hydrogens (primary N) is 1. The van der Waals surface area contributed by atoms with Crippen LogP contribution in [-0.4, -0.2) is 37.6 Å². The third kappa shape index (κ3) is 3.70. The number of carbonyl (C=O) groups excluding carboxylic acids is 1. The van der Waals surface area contributed by atoms with E-state index in [1.165, 1.54) is 25.9 Å². The Hall–Kier alpha value is -1.55. The summed E-state index contributed by atoms with van der Waals surface area (Å²) in [5.41, 5.74) is 6.91. The van der Waals surface area contributed by atoms with E-state index in [1.54, 1.807) is 19.2 Å². The molecule has 19 heavy (non-hydrogen) atoms. The first-order valence-electron chi connectivity index (χ1n) is 6.90. The number of benzene rings is 1. The average molecular weight is 262 g/mol. The first-order chi connectivity index (χ1) is 9.20. The van der Waals surface area contributed by atoms with Crippen molar-refractivity contribution in [3.05, 3.63) is 29.3 Å². The van der Waals surface area contributed by atoms with Gasteiger partial charge in [-0.3, -0.25) is 4.79 Å². The molecule has 1 aliphatic heterocycles. The molecule has 1 fully saturated rings. The van der Waals surface area contributed by atoms with E-state index in [-0.39, 0.29) is 0 Å². The van der Waals surface area contributed by atoms with Gasteiger partial charge in [-0.2, -0.15) is 0 Å². The minimum atomic E-state index is -0.415. The summed E-state index contributed by atoms with van der Waals surface area (Å²) in [7, 11) is 1.63. The van der Waals surface area contributed by atoms with Gasteiger partial charge in [0.2, 0.25) is 5.91 Å². The number of hydrogen-bond donors (Lipinski definition) is 1. The van der Waals surface area contributed by atoms with E-state index in [4.69, 9.17) is 10.5 Å². The summed E-state index contributed by atoms with van der Waals surface area (Å²) in [6, 6.07) is 5.45. The maximum absolute atomic E-state index is 11.1. The fraction of sp³-hybridized carbons (Fsp3) is 0.533. The van der Waals surface area contributed by atoms with Crippen LogP contribution in [0, 0.1) is 0 Å². The Morgan fingerprint density at radius 1 is 1.37 bits per heavy atom. The van der Waals surface area contributed by atoms with Crippen molar-refractivity contribution in [2.45, 2.75) is 25.7 Å². The molecule has 0 radical (unpaired) electrons. The summed E-state index contributed by atoms with van der Waals surface area (Å²) >= 11 is 0. The number of ether oxygens (including phenoxy) is 1. The van der Waals surface area contributed by atoms with Crippen LogP contribution in [-0.2, 0) is 6.42 Å². The third-order valence-corrected chi connectivity index (χ3v) is 3.69. The van der Waals surface area contributed by atoms with Crippen LogP contribution in [0.2, 0.25) is 0 Å². The van der Waals surface area contributed by atoms with Crippen LogP contribution < -0.4 is 10.5 Å². The lowest BCUT2D eigenvalue weighted by atomic mass is 10.1. The van der Waals surface area contributed by atoms with Crippen LogP contribution in [0.1, 0.15) is 35.2 Å². The van der Waals surface area contributed by atoms with E-state index >= 15 is 0 Å². The molecule has 0 aromatic heterocycles. The van der Waals surface area contributed by atoms with Gasteiger partial charge in [0.05, 0.1) is 7.11 Å². The van der Waals surface area contributed by atoms with Crippen molar-refractivity contribution in [2.24, 2.45) is 5.73 Å². The van der Waals surface area contributed by atoms with Crippen molar-refractivity contribution in [1.29, 1.82) is 0 Å². The van der Waals surface area contributed by atoms with Crippen LogP contribution in [0.5, 0.6) is 5.75 Å². The van der Waals surface area contributed by atoms with Crippen LogP contribution >= 0.6 is 0 Å². The summed E-state index contributed by atoms with van der Waals surface area (Å²) in [6.07, 6.45) is 4.75. The summed E-state index contributed by atoms with van der Waals surface area (Å²) in [5.74, 6) is 0.347. The highest BCUT2D eigenvalue weighted by atomic mass is 16.5. The predicted octanol–water partition coefficient (Wildman–Crippen LogP) is 1.82. The van der Waals surface area contributed by atoms with Gasteiger partial charge in [-0.1, -0.05) is 6.07 Å².